The third kappa shape index (κ3) is 5.54. The fourth-order valence-electron chi connectivity index (χ4n) is 2.19. The van der Waals surface area contributed by atoms with Crippen LogP contribution in [0.3, 0.4) is 0 Å². The highest BCUT2D eigenvalue weighted by Crippen LogP contribution is 2.28. The first-order valence-corrected chi connectivity index (χ1v) is 9.82. The zero-order valence-electron chi connectivity index (χ0n) is 14.4. The standard InChI is InChI=1S/C17H21N3O3S2/c1-4-12(5-2)14(21)18-16-19-20-17(25-16)24-10-11-6-8-13(9-7-11)15(22)23-3/h6-9,12H,4-5,10H2,1-3H3,(H,18,19,21). The van der Waals surface area contributed by atoms with Crippen LogP contribution in [0, 0.1) is 5.92 Å². The van der Waals surface area contributed by atoms with Crippen molar-refractivity contribution < 1.29 is 14.3 Å². The highest BCUT2D eigenvalue weighted by Gasteiger charge is 2.16. The summed E-state index contributed by atoms with van der Waals surface area (Å²) in [5, 5.41) is 11.5. The monoisotopic (exact) mass is 379 g/mol. The molecule has 1 heterocycles. The molecule has 1 amide bonds. The lowest BCUT2D eigenvalue weighted by Gasteiger charge is -2.09. The largest absolute Gasteiger partial charge is 0.465 e. The third-order valence-corrected chi connectivity index (χ3v) is 5.77. The minimum Gasteiger partial charge on any atom is -0.465 e. The number of nitrogens with zero attached hydrogens (tertiary/aromatic N) is 2. The highest BCUT2D eigenvalue weighted by atomic mass is 32.2. The van der Waals surface area contributed by atoms with E-state index in [1.165, 1.54) is 30.2 Å². The summed E-state index contributed by atoms with van der Waals surface area (Å²) in [7, 11) is 1.36. The summed E-state index contributed by atoms with van der Waals surface area (Å²) in [4.78, 5) is 23.5. The van der Waals surface area contributed by atoms with E-state index < -0.39 is 0 Å². The van der Waals surface area contributed by atoms with Gasteiger partial charge in [0.25, 0.3) is 0 Å². The molecule has 1 N–H and O–H groups in total. The maximum absolute atomic E-state index is 12.1. The average Bonchev–Trinajstić information content (AvgIpc) is 3.08. The Labute approximate surface area is 155 Å². The fourth-order valence-corrected chi connectivity index (χ4v) is 3.90. The molecule has 0 aliphatic rings. The minimum atomic E-state index is -0.346. The number of ether oxygens (including phenoxy) is 1. The summed E-state index contributed by atoms with van der Waals surface area (Å²) in [6, 6.07) is 7.25. The number of hydrogen-bond donors (Lipinski definition) is 1. The zero-order valence-corrected chi connectivity index (χ0v) is 16.1. The van der Waals surface area contributed by atoms with E-state index in [1.807, 2.05) is 26.0 Å². The van der Waals surface area contributed by atoms with E-state index in [1.54, 1.807) is 12.1 Å². The van der Waals surface area contributed by atoms with Crippen LogP contribution in [0.25, 0.3) is 0 Å². The molecular formula is C17H21N3O3S2. The maximum Gasteiger partial charge on any atom is 0.337 e. The van der Waals surface area contributed by atoms with Crippen LogP contribution in [-0.2, 0) is 15.3 Å². The summed E-state index contributed by atoms with van der Waals surface area (Å²) in [5.41, 5.74) is 1.59. The topological polar surface area (TPSA) is 81.2 Å². The molecule has 0 aliphatic carbocycles. The van der Waals surface area contributed by atoms with Gasteiger partial charge in [-0.25, -0.2) is 4.79 Å². The van der Waals surface area contributed by atoms with E-state index in [2.05, 4.69) is 20.3 Å². The second-order valence-corrected chi connectivity index (χ2v) is 7.55. The molecule has 0 aliphatic heterocycles. The SMILES string of the molecule is CCC(CC)C(=O)Nc1nnc(SCc2ccc(C(=O)OC)cc2)s1. The predicted molar refractivity (Wildman–Crippen MR) is 100.0 cm³/mol. The maximum atomic E-state index is 12.1. The van der Waals surface area contributed by atoms with Crippen LogP contribution >= 0.6 is 23.1 Å². The Morgan fingerprint density at radius 3 is 2.48 bits per heavy atom. The summed E-state index contributed by atoms with van der Waals surface area (Å²) in [6.45, 7) is 4.00. The number of carbonyl (C=O) groups excluding carboxylic acids is 2. The number of anilines is 1. The Morgan fingerprint density at radius 1 is 1.20 bits per heavy atom. The molecule has 0 saturated heterocycles. The molecule has 2 aromatic rings. The van der Waals surface area contributed by atoms with Crippen molar-refractivity contribution in [3.05, 3.63) is 35.4 Å². The molecule has 0 radical (unpaired) electrons. The third-order valence-electron chi connectivity index (χ3n) is 3.73. The number of hydrogen-bond acceptors (Lipinski definition) is 7. The Hall–Kier alpha value is -1.93. The van der Waals surface area contributed by atoms with Gasteiger partial charge in [0.2, 0.25) is 11.0 Å². The van der Waals surface area contributed by atoms with Crippen LogP contribution in [0.1, 0.15) is 42.6 Å². The number of methoxy groups -OCH3 is 1. The van der Waals surface area contributed by atoms with E-state index in [4.69, 9.17) is 0 Å². The van der Waals surface area contributed by atoms with Gasteiger partial charge in [-0.15, -0.1) is 10.2 Å². The molecule has 0 fully saturated rings. The molecule has 0 bridgehead atoms. The number of carbonyl (C=O) groups is 2. The normalized spacial score (nSPS) is 10.7. The Balaban J connectivity index is 1.89. The van der Waals surface area contributed by atoms with Gasteiger partial charge in [0, 0.05) is 11.7 Å². The quantitative estimate of drug-likeness (QED) is 0.424. The lowest BCUT2D eigenvalue weighted by atomic mass is 10.0. The summed E-state index contributed by atoms with van der Waals surface area (Å²) < 4.78 is 5.47. The number of aromatic nitrogens is 2. The van der Waals surface area contributed by atoms with Crippen molar-refractivity contribution in [3.8, 4) is 0 Å². The van der Waals surface area contributed by atoms with Gasteiger partial charge < -0.3 is 10.1 Å². The van der Waals surface area contributed by atoms with Gasteiger partial charge in [-0.2, -0.15) is 0 Å². The minimum absolute atomic E-state index is 0.00361. The van der Waals surface area contributed by atoms with Crippen LogP contribution in [0.2, 0.25) is 0 Å². The first kappa shape index (κ1) is 19.4. The van der Waals surface area contributed by atoms with Crippen molar-refractivity contribution in [2.75, 3.05) is 12.4 Å². The molecule has 134 valence electrons. The lowest BCUT2D eigenvalue weighted by molar-refractivity contribution is -0.120. The Bertz CT molecular complexity index is 712. The molecule has 8 heteroatoms. The number of esters is 1. The van der Waals surface area contributed by atoms with Gasteiger partial charge in [0.1, 0.15) is 0 Å². The molecule has 0 unspecified atom stereocenters. The van der Waals surface area contributed by atoms with Gasteiger partial charge >= 0.3 is 5.97 Å². The molecule has 0 saturated carbocycles. The van der Waals surface area contributed by atoms with E-state index in [0.29, 0.717) is 16.4 Å². The Morgan fingerprint density at radius 2 is 1.88 bits per heavy atom. The smallest absolute Gasteiger partial charge is 0.337 e. The molecule has 25 heavy (non-hydrogen) atoms. The van der Waals surface area contributed by atoms with Crippen LogP contribution in [0.5, 0.6) is 0 Å². The molecule has 0 atom stereocenters. The van der Waals surface area contributed by atoms with Gasteiger partial charge in [-0.1, -0.05) is 49.1 Å². The molecule has 0 spiro atoms. The zero-order chi connectivity index (χ0) is 18.2. The first-order chi connectivity index (χ1) is 12.1. The predicted octanol–water partition coefficient (Wildman–Crippen LogP) is 3.99. The van der Waals surface area contributed by atoms with Gasteiger partial charge in [-0.05, 0) is 30.5 Å². The highest BCUT2D eigenvalue weighted by molar-refractivity contribution is 8.00. The first-order valence-electron chi connectivity index (χ1n) is 8.01. The summed E-state index contributed by atoms with van der Waals surface area (Å²) in [6.07, 6.45) is 1.62. The van der Waals surface area contributed by atoms with Crippen LogP contribution in [0.15, 0.2) is 28.6 Å². The van der Waals surface area contributed by atoms with E-state index in [0.717, 1.165) is 22.7 Å². The number of thioether (sulfide) groups is 1. The molecule has 1 aromatic heterocycles. The van der Waals surface area contributed by atoms with Crippen molar-refractivity contribution in [2.24, 2.45) is 5.92 Å². The van der Waals surface area contributed by atoms with Crippen molar-refractivity contribution in [2.45, 2.75) is 36.8 Å². The Kier molecular flexibility index (Phi) is 7.39. The lowest BCUT2D eigenvalue weighted by Crippen LogP contribution is -2.21. The van der Waals surface area contributed by atoms with Crippen molar-refractivity contribution in [1.29, 1.82) is 0 Å². The number of nitrogens with one attached hydrogen (secondary N) is 1. The fraction of sp³-hybridized carbons (Fsp3) is 0.412. The summed E-state index contributed by atoms with van der Waals surface area (Å²) >= 11 is 2.90. The van der Waals surface area contributed by atoms with Crippen molar-refractivity contribution >= 4 is 40.1 Å². The van der Waals surface area contributed by atoms with E-state index in [-0.39, 0.29) is 17.8 Å². The molecule has 2 rings (SSSR count). The second kappa shape index (κ2) is 9.53. The van der Waals surface area contributed by atoms with Crippen LogP contribution < -0.4 is 5.32 Å². The van der Waals surface area contributed by atoms with E-state index in [9.17, 15) is 9.59 Å². The van der Waals surface area contributed by atoms with Gasteiger partial charge in [0.15, 0.2) is 4.34 Å². The van der Waals surface area contributed by atoms with Crippen molar-refractivity contribution in [1.82, 2.24) is 10.2 Å². The van der Waals surface area contributed by atoms with Gasteiger partial charge in [-0.3, -0.25) is 4.79 Å². The van der Waals surface area contributed by atoms with Gasteiger partial charge in [0.05, 0.1) is 12.7 Å². The second-order valence-electron chi connectivity index (χ2n) is 5.35. The van der Waals surface area contributed by atoms with E-state index >= 15 is 0 Å². The molecule has 1 aromatic carbocycles. The molecule has 6 nitrogen and oxygen atoms in total. The number of benzene rings is 1. The van der Waals surface area contributed by atoms with Crippen molar-refractivity contribution in [3.63, 3.8) is 0 Å². The van der Waals surface area contributed by atoms with Crippen LogP contribution in [0.4, 0.5) is 5.13 Å². The number of rotatable bonds is 8. The summed E-state index contributed by atoms with van der Waals surface area (Å²) in [5.74, 6) is 0.363. The average molecular weight is 380 g/mol. The number of amides is 1. The molecular weight excluding hydrogens is 358 g/mol. The van der Waals surface area contributed by atoms with Crippen LogP contribution in [-0.4, -0.2) is 29.2 Å².